The van der Waals surface area contributed by atoms with Crippen LogP contribution in [-0.4, -0.2) is 20.3 Å². The van der Waals surface area contributed by atoms with Gasteiger partial charge >= 0.3 is 0 Å². The lowest BCUT2D eigenvalue weighted by Gasteiger charge is -2.27. The molecule has 2 nitrogen and oxygen atoms in total. The van der Waals surface area contributed by atoms with Gasteiger partial charge in [0.15, 0.2) is 0 Å². The predicted molar refractivity (Wildman–Crippen MR) is 75.9 cm³/mol. The van der Waals surface area contributed by atoms with Crippen LogP contribution < -0.4 is 5.32 Å². The van der Waals surface area contributed by atoms with Gasteiger partial charge in [0.05, 0.1) is 0 Å². The van der Waals surface area contributed by atoms with Gasteiger partial charge in [0.2, 0.25) is 0 Å². The van der Waals surface area contributed by atoms with E-state index in [9.17, 15) is 0 Å². The fourth-order valence-corrected chi connectivity index (χ4v) is 2.59. The molecule has 1 aromatic carbocycles. The minimum absolute atomic E-state index is 0.413. The van der Waals surface area contributed by atoms with Crippen molar-refractivity contribution in [3.05, 3.63) is 35.4 Å². The van der Waals surface area contributed by atoms with Crippen molar-refractivity contribution in [1.29, 1.82) is 0 Å². The van der Waals surface area contributed by atoms with Crippen molar-refractivity contribution in [2.45, 2.75) is 44.6 Å². The molecule has 18 heavy (non-hydrogen) atoms. The lowest BCUT2D eigenvalue weighted by molar-refractivity contribution is 0.137. The van der Waals surface area contributed by atoms with Crippen molar-refractivity contribution in [1.82, 2.24) is 5.32 Å². The summed E-state index contributed by atoms with van der Waals surface area (Å²) in [6.07, 6.45) is 5.17. The molecule has 2 rings (SSSR count). The molecule has 0 radical (unpaired) electrons. The molecule has 0 bridgehead atoms. The molecular formula is C16H25NO. The molecule has 1 aromatic rings. The van der Waals surface area contributed by atoms with Crippen LogP contribution in [0.4, 0.5) is 0 Å². The average Bonchev–Trinajstić information content (AvgIpc) is 2.33. The number of benzene rings is 1. The molecular weight excluding hydrogens is 222 g/mol. The van der Waals surface area contributed by atoms with E-state index in [4.69, 9.17) is 4.74 Å². The quantitative estimate of drug-likeness (QED) is 0.743. The minimum Gasteiger partial charge on any atom is -0.382 e. The van der Waals surface area contributed by atoms with E-state index in [1.807, 2.05) is 14.0 Å². The van der Waals surface area contributed by atoms with Gasteiger partial charge in [-0.3, -0.25) is 0 Å². The van der Waals surface area contributed by atoms with Crippen LogP contribution >= 0.6 is 0 Å². The fourth-order valence-electron chi connectivity index (χ4n) is 2.59. The Labute approximate surface area is 111 Å². The maximum absolute atomic E-state index is 5.46. The standard InChI is InChI=1S/C16H25NO/c1-3-18-11-10-16(17-2)15-9-5-8-14(12-15)13-6-4-7-13/h5,8-9,12-13,16-17H,3-4,6-7,10-11H2,1-2H3. The van der Waals surface area contributed by atoms with Gasteiger partial charge in [-0.15, -0.1) is 0 Å². The second kappa shape index (κ2) is 6.91. The van der Waals surface area contributed by atoms with E-state index in [0.29, 0.717) is 6.04 Å². The molecule has 0 saturated heterocycles. The molecule has 1 unspecified atom stereocenters. The molecule has 2 heteroatoms. The van der Waals surface area contributed by atoms with Crippen molar-refractivity contribution in [3.8, 4) is 0 Å². The van der Waals surface area contributed by atoms with Crippen LogP contribution in [0.3, 0.4) is 0 Å². The van der Waals surface area contributed by atoms with E-state index >= 15 is 0 Å². The topological polar surface area (TPSA) is 21.3 Å². The molecule has 1 fully saturated rings. The molecule has 1 atom stereocenters. The molecule has 0 aliphatic heterocycles. The van der Waals surface area contributed by atoms with Gasteiger partial charge in [-0.25, -0.2) is 0 Å². The first kappa shape index (κ1) is 13.6. The van der Waals surface area contributed by atoms with Crippen molar-refractivity contribution in [3.63, 3.8) is 0 Å². The molecule has 0 amide bonds. The summed E-state index contributed by atoms with van der Waals surface area (Å²) in [7, 11) is 2.03. The van der Waals surface area contributed by atoms with E-state index in [1.54, 1.807) is 0 Å². The van der Waals surface area contributed by atoms with Gasteiger partial charge < -0.3 is 10.1 Å². The summed E-state index contributed by atoms with van der Waals surface area (Å²) in [4.78, 5) is 0. The maximum Gasteiger partial charge on any atom is 0.0484 e. The molecule has 0 spiro atoms. The van der Waals surface area contributed by atoms with Crippen molar-refractivity contribution in [2.75, 3.05) is 20.3 Å². The van der Waals surface area contributed by atoms with Crippen molar-refractivity contribution < 1.29 is 4.74 Å². The number of hydrogen-bond acceptors (Lipinski definition) is 2. The van der Waals surface area contributed by atoms with Crippen LogP contribution in [0.15, 0.2) is 24.3 Å². The molecule has 0 aromatic heterocycles. The largest absolute Gasteiger partial charge is 0.382 e. The SMILES string of the molecule is CCOCCC(NC)c1cccc(C2CCC2)c1. The zero-order valence-corrected chi connectivity index (χ0v) is 11.6. The van der Waals surface area contributed by atoms with Gasteiger partial charge in [0.25, 0.3) is 0 Å². The van der Waals surface area contributed by atoms with E-state index in [1.165, 1.54) is 30.4 Å². The highest BCUT2D eigenvalue weighted by Crippen LogP contribution is 2.37. The number of rotatable bonds is 7. The Hall–Kier alpha value is -0.860. The van der Waals surface area contributed by atoms with Crippen LogP contribution in [0.2, 0.25) is 0 Å². The van der Waals surface area contributed by atoms with Gasteiger partial charge in [0, 0.05) is 19.3 Å². The van der Waals surface area contributed by atoms with Crippen LogP contribution in [-0.2, 0) is 4.74 Å². The van der Waals surface area contributed by atoms with Gasteiger partial charge in [-0.05, 0) is 50.3 Å². The van der Waals surface area contributed by atoms with Crippen molar-refractivity contribution in [2.24, 2.45) is 0 Å². The lowest BCUT2D eigenvalue weighted by atomic mass is 9.79. The Morgan fingerprint density at radius 2 is 2.22 bits per heavy atom. The third-order valence-corrected chi connectivity index (χ3v) is 3.99. The fraction of sp³-hybridized carbons (Fsp3) is 0.625. The van der Waals surface area contributed by atoms with Crippen LogP contribution in [0.1, 0.15) is 55.7 Å². The van der Waals surface area contributed by atoms with E-state index in [-0.39, 0.29) is 0 Å². The van der Waals surface area contributed by atoms with Gasteiger partial charge in [-0.2, -0.15) is 0 Å². The zero-order valence-electron chi connectivity index (χ0n) is 11.6. The summed E-state index contributed by atoms with van der Waals surface area (Å²) in [6, 6.07) is 9.51. The van der Waals surface area contributed by atoms with Gasteiger partial charge in [-0.1, -0.05) is 30.7 Å². The average molecular weight is 247 g/mol. The Bertz CT molecular complexity index is 360. The number of ether oxygens (including phenoxy) is 1. The highest BCUT2D eigenvalue weighted by Gasteiger charge is 2.20. The summed E-state index contributed by atoms with van der Waals surface area (Å²) in [5.41, 5.74) is 2.93. The van der Waals surface area contributed by atoms with E-state index in [2.05, 4.69) is 29.6 Å². The maximum atomic E-state index is 5.46. The monoisotopic (exact) mass is 247 g/mol. The Morgan fingerprint density at radius 3 is 2.83 bits per heavy atom. The minimum atomic E-state index is 0.413. The van der Waals surface area contributed by atoms with E-state index in [0.717, 1.165) is 25.6 Å². The first-order valence-corrected chi connectivity index (χ1v) is 7.20. The Kier molecular flexibility index (Phi) is 5.21. The molecule has 0 heterocycles. The summed E-state index contributed by atoms with van der Waals surface area (Å²) in [5.74, 6) is 0.814. The molecule has 1 aliphatic carbocycles. The summed E-state index contributed by atoms with van der Waals surface area (Å²) < 4.78 is 5.46. The highest BCUT2D eigenvalue weighted by atomic mass is 16.5. The van der Waals surface area contributed by atoms with Gasteiger partial charge in [0.1, 0.15) is 0 Å². The Balaban J connectivity index is 2.00. The van der Waals surface area contributed by atoms with E-state index < -0.39 is 0 Å². The number of hydrogen-bond donors (Lipinski definition) is 1. The van der Waals surface area contributed by atoms with Crippen LogP contribution in [0.25, 0.3) is 0 Å². The summed E-state index contributed by atoms with van der Waals surface area (Å²) in [5, 5.41) is 3.40. The first-order chi connectivity index (χ1) is 8.85. The summed E-state index contributed by atoms with van der Waals surface area (Å²) >= 11 is 0. The van der Waals surface area contributed by atoms with Crippen molar-refractivity contribution >= 4 is 0 Å². The second-order valence-electron chi connectivity index (χ2n) is 5.12. The second-order valence-corrected chi connectivity index (χ2v) is 5.12. The van der Waals surface area contributed by atoms with Crippen LogP contribution in [0, 0.1) is 0 Å². The molecule has 100 valence electrons. The first-order valence-electron chi connectivity index (χ1n) is 7.20. The zero-order chi connectivity index (χ0) is 12.8. The molecule has 1 aliphatic rings. The third kappa shape index (κ3) is 3.33. The smallest absolute Gasteiger partial charge is 0.0484 e. The molecule has 1 saturated carbocycles. The predicted octanol–water partition coefficient (Wildman–Crippen LogP) is 3.64. The lowest BCUT2D eigenvalue weighted by Crippen LogP contribution is -2.19. The summed E-state index contributed by atoms with van der Waals surface area (Å²) in [6.45, 7) is 3.68. The van der Waals surface area contributed by atoms with Crippen LogP contribution in [0.5, 0.6) is 0 Å². The normalized spacial score (nSPS) is 17.4. The third-order valence-electron chi connectivity index (χ3n) is 3.99. The number of nitrogens with one attached hydrogen (secondary N) is 1. The Morgan fingerprint density at radius 1 is 1.39 bits per heavy atom. The molecule has 1 N–H and O–H groups in total. The highest BCUT2D eigenvalue weighted by molar-refractivity contribution is 5.29.